The number of pyridine rings is 1. The summed E-state index contributed by atoms with van der Waals surface area (Å²) in [5.74, 6) is 0.839. The van der Waals surface area contributed by atoms with Crippen molar-refractivity contribution in [1.29, 1.82) is 0 Å². The number of carbonyl (C=O) groups is 1. The molecule has 0 spiro atoms. The molecule has 1 aliphatic rings. The van der Waals surface area contributed by atoms with Gasteiger partial charge in [-0.3, -0.25) is 9.59 Å². The summed E-state index contributed by atoms with van der Waals surface area (Å²) in [6.07, 6.45) is 2.07. The van der Waals surface area contributed by atoms with Crippen molar-refractivity contribution in [2.24, 2.45) is 5.92 Å². The van der Waals surface area contributed by atoms with E-state index in [1.54, 1.807) is 12.0 Å². The number of likely N-dealkylation sites (tertiary alicyclic amines) is 1. The van der Waals surface area contributed by atoms with E-state index in [2.05, 4.69) is 10.1 Å². The molecule has 2 atom stereocenters. The van der Waals surface area contributed by atoms with Crippen LogP contribution in [0.15, 0.2) is 33.7 Å². The molecule has 1 amide bonds. The van der Waals surface area contributed by atoms with E-state index in [-0.39, 0.29) is 23.5 Å². The first-order valence-corrected chi connectivity index (χ1v) is 7.50. The highest BCUT2D eigenvalue weighted by Gasteiger charge is 2.36. The van der Waals surface area contributed by atoms with Crippen LogP contribution in [0.25, 0.3) is 0 Å². The number of ether oxygens (including phenoxy) is 1. The lowest BCUT2D eigenvalue weighted by molar-refractivity contribution is 0.0672. The second-order valence-electron chi connectivity index (χ2n) is 5.82. The standard InChI is InChI=1S/C16H19N3O4/c1-10-5-13(23-18-10)6-12-8-19(9-14(12)22-2)16(21)11-3-4-15(20)17-7-11/h3-5,7,12,14H,6,8-9H2,1-2H3,(H,17,20). The summed E-state index contributed by atoms with van der Waals surface area (Å²) in [6, 6.07) is 4.79. The molecule has 23 heavy (non-hydrogen) atoms. The van der Waals surface area contributed by atoms with Crippen LogP contribution < -0.4 is 5.56 Å². The van der Waals surface area contributed by atoms with E-state index in [0.717, 1.165) is 11.5 Å². The van der Waals surface area contributed by atoms with E-state index in [1.165, 1.54) is 18.3 Å². The highest BCUT2D eigenvalue weighted by molar-refractivity contribution is 5.94. The number of aromatic nitrogens is 2. The average Bonchev–Trinajstić information content (AvgIpc) is 3.14. The topological polar surface area (TPSA) is 88.4 Å². The molecule has 3 heterocycles. The van der Waals surface area contributed by atoms with E-state index in [1.807, 2.05) is 13.0 Å². The van der Waals surface area contributed by atoms with Crippen LogP contribution in [0.4, 0.5) is 0 Å². The van der Waals surface area contributed by atoms with Crippen LogP contribution in [-0.2, 0) is 11.2 Å². The van der Waals surface area contributed by atoms with E-state index in [4.69, 9.17) is 9.26 Å². The average molecular weight is 317 g/mol. The summed E-state index contributed by atoms with van der Waals surface area (Å²) in [5.41, 5.74) is 1.08. The van der Waals surface area contributed by atoms with Gasteiger partial charge in [-0.05, 0) is 13.0 Å². The number of H-pyrrole nitrogens is 1. The SMILES string of the molecule is COC1CN(C(=O)c2ccc(=O)[nH]c2)CC1Cc1cc(C)no1. The molecule has 3 rings (SSSR count). The van der Waals surface area contributed by atoms with Crippen molar-refractivity contribution >= 4 is 5.91 Å². The molecule has 7 heteroatoms. The molecule has 2 unspecified atom stereocenters. The summed E-state index contributed by atoms with van der Waals surface area (Å²) in [7, 11) is 1.65. The summed E-state index contributed by atoms with van der Waals surface area (Å²) in [6.45, 7) is 2.98. The van der Waals surface area contributed by atoms with Gasteiger partial charge >= 0.3 is 0 Å². The van der Waals surface area contributed by atoms with Gasteiger partial charge in [0.1, 0.15) is 5.76 Å². The van der Waals surface area contributed by atoms with Crippen LogP contribution in [0.3, 0.4) is 0 Å². The molecule has 0 aliphatic carbocycles. The van der Waals surface area contributed by atoms with Crippen molar-refractivity contribution in [3.8, 4) is 0 Å². The number of hydrogen-bond acceptors (Lipinski definition) is 5. The molecule has 0 saturated carbocycles. The molecule has 7 nitrogen and oxygen atoms in total. The third-order valence-corrected chi connectivity index (χ3v) is 4.14. The maximum Gasteiger partial charge on any atom is 0.255 e. The molecule has 0 aromatic carbocycles. The maximum absolute atomic E-state index is 12.5. The van der Waals surface area contributed by atoms with E-state index < -0.39 is 0 Å². The van der Waals surface area contributed by atoms with Crippen LogP contribution in [0, 0.1) is 12.8 Å². The van der Waals surface area contributed by atoms with Gasteiger partial charge in [0.2, 0.25) is 5.56 Å². The predicted molar refractivity (Wildman–Crippen MR) is 82.2 cm³/mol. The maximum atomic E-state index is 12.5. The number of nitrogens with one attached hydrogen (secondary N) is 1. The summed E-state index contributed by atoms with van der Waals surface area (Å²) in [5, 5.41) is 3.89. The van der Waals surface area contributed by atoms with Crippen LogP contribution in [-0.4, -0.2) is 47.3 Å². The Hall–Kier alpha value is -2.41. The largest absolute Gasteiger partial charge is 0.379 e. The van der Waals surface area contributed by atoms with E-state index >= 15 is 0 Å². The van der Waals surface area contributed by atoms with Crippen LogP contribution in [0.1, 0.15) is 21.8 Å². The van der Waals surface area contributed by atoms with Crippen LogP contribution in [0.2, 0.25) is 0 Å². The number of methoxy groups -OCH3 is 1. The molecule has 1 fully saturated rings. The van der Waals surface area contributed by atoms with E-state index in [9.17, 15) is 9.59 Å². The molecule has 2 aromatic rings. The fourth-order valence-corrected chi connectivity index (χ4v) is 2.97. The van der Waals surface area contributed by atoms with Gasteiger partial charge < -0.3 is 19.1 Å². The van der Waals surface area contributed by atoms with Gasteiger partial charge in [0.25, 0.3) is 5.91 Å². The predicted octanol–water partition coefficient (Wildman–Crippen LogP) is 1.00. The Kier molecular flexibility index (Phi) is 4.29. The van der Waals surface area contributed by atoms with Gasteiger partial charge in [-0.25, -0.2) is 0 Å². The molecule has 122 valence electrons. The van der Waals surface area contributed by atoms with Gasteiger partial charge in [0, 0.05) is 50.9 Å². The first kappa shape index (κ1) is 15.5. The Morgan fingerprint density at radius 2 is 2.30 bits per heavy atom. The smallest absolute Gasteiger partial charge is 0.255 e. The van der Waals surface area contributed by atoms with Crippen molar-refractivity contribution in [3.05, 3.63) is 51.8 Å². The van der Waals surface area contributed by atoms with Gasteiger partial charge in [-0.2, -0.15) is 0 Å². The first-order valence-electron chi connectivity index (χ1n) is 7.50. The Balaban J connectivity index is 1.71. The second-order valence-corrected chi connectivity index (χ2v) is 5.82. The number of rotatable bonds is 4. The molecule has 2 aromatic heterocycles. The number of aromatic amines is 1. The lowest BCUT2D eigenvalue weighted by Gasteiger charge is -2.15. The molecule has 1 saturated heterocycles. The number of carbonyl (C=O) groups excluding carboxylic acids is 1. The quantitative estimate of drug-likeness (QED) is 0.909. The Labute approximate surface area is 133 Å². The zero-order valence-corrected chi connectivity index (χ0v) is 13.1. The van der Waals surface area contributed by atoms with Gasteiger partial charge in [0.15, 0.2) is 0 Å². The zero-order valence-electron chi connectivity index (χ0n) is 13.1. The minimum absolute atomic E-state index is 0.0490. The van der Waals surface area contributed by atoms with Crippen molar-refractivity contribution in [3.63, 3.8) is 0 Å². The number of aryl methyl sites for hydroxylation is 1. The molecule has 1 N–H and O–H groups in total. The van der Waals surface area contributed by atoms with Crippen molar-refractivity contribution < 1.29 is 14.1 Å². The summed E-state index contributed by atoms with van der Waals surface area (Å²) < 4.78 is 10.8. The van der Waals surface area contributed by atoms with Gasteiger partial charge in [-0.15, -0.1) is 0 Å². The highest BCUT2D eigenvalue weighted by atomic mass is 16.5. The third kappa shape index (κ3) is 3.34. The zero-order chi connectivity index (χ0) is 16.4. The summed E-state index contributed by atoms with van der Waals surface area (Å²) >= 11 is 0. The Morgan fingerprint density at radius 1 is 1.48 bits per heavy atom. The molecular weight excluding hydrogens is 298 g/mol. The van der Waals surface area contributed by atoms with Crippen molar-refractivity contribution in [2.45, 2.75) is 19.4 Å². The normalized spacial score (nSPS) is 20.9. The second kappa shape index (κ2) is 6.37. The molecule has 0 radical (unpaired) electrons. The monoisotopic (exact) mass is 317 g/mol. The Morgan fingerprint density at radius 3 is 2.91 bits per heavy atom. The number of nitrogens with zero attached hydrogens (tertiary/aromatic N) is 2. The van der Waals surface area contributed by atoms with Crippen LogP contribution >= 0.6 is 0 Å². The molecular formula is C16H19N3O4. The number of amides is 1. The Bertz CT molecular complexity index is 731. The third-order valence-electron chi connectivity index (χ3n) is 4.14. The minimum Gasteiger partial charge on any atom is -0.379 e. The highest BCUT2D eigenvalue weighted by Crippen LogP contribution is 2.25. The van der Waals surface area contributed by atoms with Crippen LogP contribution in [0.5, 0.6) is 0 Å². The van der Waals surface area contributed by atoms with E-state index in [0.29, 0.717) is 25.1 Å². The minimum atomic E-state index is -0.226. The molecule has 0 bridgehead atoms. The van der Waals surface area contributed by atoms with Crippen molar-refractivity contribution in [1.82, 2.24) is 15.0 Å². The lowest BCUT2D eigenvalue weighted by Crippen LogP contribution is -2.30. The van der Waals surface area contributed by atoms with Gasteiger partial charge in [0.05, 0.1) is 17.4 Å². The first-order chi connectivity index (χ1) is 11.1. The molecule has 1 aliphatic heterocycles. The van der Waals surface area contributed by atoms with Gasteiger partial charge in [-0.1, -0.05) is 5.16 Å². The summed E-state index contributed by atoms with van der Waals surface area (Å²) in [4.78, 5) is 27.9. The van der Waals surface area contributed by atoms with Crippen molar-refractivity contribution in [2.75, 3.05) is 20.2 Å². The fraction of sp³-hybridized carbons (Fsp3) is 0.438. The fourth-order valence-electron chi connectivity index (χ4n) is 2.97. The number of hydrogen-bond donors (Lipinski definition) is 1. The lowest BCUT2D eigenvalue weighted by atomic mass is 10.0.